The summed E-state index contributed by atoms with van der Waals surface area (Å²) in [5.74, 6) is 0.288. The Balaban J connectivity index is 1.56. The Bertz CT molecular complexity index is 1400. The number of halogens is 3. The molecule has 0 aliphatic carbocycles. The molecule has 0 saturated heterocycles. The van der Waals surface area contributed by atoms with Crippen molar-refractivity contribution in [3.63, 3.8) is 0 Å². The summed E-state index contributed by atoms with van der Waals surface area (Å²) in [5.41, 5.74) is 0.525. The molecule has 0 aliphatic rings. The third-order valence-corrected chi connectivity index (χ3v) is 5.77. The number of aromatic nitrogens is 5. The first-order valence-electron chi connectivity index (χ1n) is 9.34. The van der Waals surface area contributed by atoms with E-state index in [9.17, 15) is 21.6 Å². The van der Waals surface area contributed by atoms with E-state index in [2.05, 4.69) is 20.2 Å². The van der Waals surface area contributed by atoms with Crippen molar-refractivity contribution < 1.29 is 30.8 Å². The number of benzene rings is 1. The molecule has 172 valence electrons. The number of ether oxygens (including phenoxy) is 1. The molecule has 0 saturated carbocycles. The van der Waals surface area contributed by atoms with Crippen LogP contribution in [0.3, 0.4) is 0 Å². The van der Waals surface area contributed by atoms with Gasteiger partial charge in [-0.1, -0.05) is 17.3 Å². The fraction of sp³-hybridized carbons (Fsp3) is 0.200. The first-order valence-corrected chi connectivity index (χ1v) is 11.2. The lowest BCUT2D eigenvalue weighted by Gasteiger charge is -2.09. The number of sulfone groups is 1. The lowest BCUT2D eigenvalue weighted by Crippen LogP contribution is -2.07. The number of rotatable bonds is 6. The summed E-state index contributed by atoms with van der Waals surface area (Å²) in [5, 5.41) is 8.05. The molecule has 0 amide bonds. The normalized spacial score (nSPS) is 12.2. The van der Waals surface area contributed by atoms with Crippen LogP contribution in [0.25, 0.3) is 22.8 Å². The molecule has 0 fully saturated rings. The lowest BCUT2D eigenvalue weighted by atomic mass is 10.2. The van der Waals surface area contributed by atoms with E-state index in [-0.39, 0.29) is 29.1 Å². The molecule has 0 radical (unpaired) electrons. The summed E-state index contributed by atoms with van der Waals surface area (Å²) in [4.78, 5) is 8.11. The van der Waals surface area contributed by atoms with Crippen LogP contribution in [-0.4, -0.2) is 39.6 Å². The Kier molecular flexibility index (Phi) is 5.66. The molecule has 13 heteroatoms. The van der Waals surface area contributed by atoms with Crippen LogP contribution < -0.4 is 4.74 Å². The zero-order valence-electron chi connectivity index (χ0n) is 17.2. The maximum absolute atomic E-state index is 12.7. The van der Waals surface area contributed by atoms with Crippen molar-refractivity contribution in [3.05, 3.63) is 60.0 Å². The third-order valence-electron chi connectivity index (χ3n) is 4.66. The molecule has 0 atom stereocenters. The van der Waals surface area contributed by atoms with Gasteiger partial charge in [0.2, 0.25) is 11.7 Å². The largest absolute Gasteiger partial charge is 0.471 e. The fourth-order valence-corrected chi connectivity index (χ4v) is 3.57. The SMILES string of the molecule is Cn1ncc(-c2nc(-c3cccc(S(C)(=O)=O)c3)no2)c1COc1ccc(C(F)(F)F)cn1. The quantitative estimate of drug-likeness (QED) is 0.413. The summed E-state index contributed by atoms with van der Waals surface area (Å²) < 4.78 is 74.0. The number of hydrogen-bond donors (Lipinski definition) is 0. The van der Waals surface area contributed by atoms with Crippen LogP contribution >= 0.6 is 0 Å². The van der Waals surface area contributed by atoms with Gasteiger partial charge in [0, 0.05) is 31.1 Å². The van der Waals surface area contributed by atoms with E-state index in [0.29, 0.717) is 23.0 Å². The van der Waals surface area contributed by atoms with Gasteiger partial charge in [-0.25, -0.2) is 13.4 Å². The van der Waals surface area contributed by atoms with Gasteiger partial charge in [0.15, 0.2) is 9.84 Å². The maximum atomic E-state index is 12.7. The van der Waals surface area contributed by atoms with Crippen LogP contribution in [0.1, 0.15) is 11.3 Å². The number of aryl methyl sites for hydroxylation is 1. The summed E-state index contributed by atoms with van der Waals surface area (Å²) in [6, 6.07) is 8.12. The highest BCUT2D eigenvalue weighted by Gasteiger charge is 2.30. The second-order valence-corrected chi connectivity index (χ2v) is 9.04. The van der Waals surface area contributed by atoms with E-state index >= 15 is 0 Å². The third kappa shape index (κ3) is 4.87. The highest BCUT2D eigenvalue weighted by atomic mass is 32.2. The summed E-state index contributed by atoms with van der Waals surface area (Å²) in [6.07, 6.45) is -1.23. The minimum atomic E-state index is -4.49. The Hall–Kier alpha value is -3.74. The Morgan fingerprint density at radius 1 is 1.15 bits per heavy atom. The zero-order valence-corrected chi connectivity index (χ0v) is 18.1. The van der Waals surface area contributed by atoms with Crippen LogP contribution in [0.15, 0.2) is 58.2 Å². The number of hydrogen-bond acceptors (Lipinski definition) is 8. The van der Waals surface area contributed by atoms with E-state index in [1.165, 1.54) is 23.0 Å². The average Bonchev–Trinajstić information content (AvgIpc) is 3.38. The van der Waals surface area contributed by atoms with Crippen molar-refractivity contribution in [3.8, 4) is 28.7 Å². The molecule has 3 heterocycles. The van der Waals surface area contributed by atoms with Gasteiger partial charge in [-0.2, -0.15) is 23.3 Å². The van der Waals surface area contributed by atoms with Gasteiger partial charge < -0.3 is 9.26 Å². The highest BCUT2D eigenvalue weighted by Crippen LogP contribution is 2.30. The molecule has 0 N–H and O–H groups in total. The first kappa shape index (κ1) is 22.5. The fourth-order valence-electron chi connectivity index (χ4n) is 2.90. The van der Waals surface area contributed by atoms with E-state index in [1.54, 1.807) is 19.2 Å². The van der Waals surface area contributed by atoms with Crippen molar-refractivity contribution in [2.24, 2.45) is 7.05 Å². The Morgan fingerprint density at radius 2 is 1.94 bits per heavy atom. The van der Waals surface area contributed by atoms with Crippen molar-refractivity contribution in [2.45, 2.75) is 17.7 Å². The first-order chi connectivity index (χ1) is 15.5. The zero-order chi connectivity index (χ0) is 23.8. The Labute approximate surface area is 185 Å². The van der Waals surface area contributed by atoms with Gasteiger partial charge in [0.1, 0.15) is 6.61 Å². The molecule has 4 rings (SSSR count). The van der Waals surface area contributed by atoms with Crippen molar-refractivity contribution in [1.29, 1.82) is 0 Å². The molecule has 0 bridgehead atoms. The molecule has 9 nitrogen and oxygen atoms in total. The number of nitrogens with zero attached hydrogens (tertiary/aromatic N) is 5. The molecule has 1 aromatic carbocycles. The van der Waals surface area contributed by atoms with E-state index in [0.717, 1.165) is 18.4 Å². The van der Waals surface area contributed by atoms with E-state index < -0.39 is 21.6 Å². The number of alkyl halides is 3. The summed E-state index contributed by atoms with van der Waals surface area (Å²) in [6.45, 7) is -0.0779. The van der Waals surface area contributed by atoms with Crippen molar-refractivity contribution >= 4 is 9.84 Å². The van der Waals surface area contributed by atoms with Gasteiger partial charge in [0.25, 0.3) is 5.89 Å². The number of pyridine rings is 1. The topological polar surface area (TPSA) is 113 Å². The lowest BCUT2D eigenvalue weighted by molar-refractivity contribution is -0.137. The van der Waals surface area contributed by atoms with Crippen LogP contribution in [0.5, 0.6) is 5.88 Å². The van der Waals surface area contributed by atoms with Crippen LogP contribution in [0.2, 0.25) is 0 Å². The molecular formula is C20H16F3N5O4S. The van der Waals surface area contributed by atoms with E-state index in [1.807, 2.05) is 0 Å². The summed E-state index contributed by atoms with van der Waals surface area (Å²) in [7, 11) is -1.76. The van der Waals surface area contributed by atoms with Gasteiger partial charge >= 0.3 is 6.18 Å². The van der Waals surface area contributed by atoms with Gasteiger partial charge in [0.05, 0.1) is 27.9 Å². The van der Waals surface area contributed by atoms with Crippen LogP contribution in [0.4, 0.5) is 13.2 Å². The Morgan fingerprint density at radius 3 is 2.61 bits per heavy atom. The smallest absolute Gasteiger partial charge is 0.417 e. The minimum absolute atomic E-state index is 0.000965. The van der Waals surface area contributed by atoms with Gasteiger partial charge in [-0.05, 0) is 18.2 Å². The van der Waals surface area contributed by atoms with E-state index in [4.69, 9.17) is 9.26 Å². The average molecular weight is 479 g/mol. The van der Waals surface area contributed by atoms with Crippen molar-refractivity contribution in [2.75, 3.05) is 6.26 Å². The predicted molar refractivity (Wildman–Crippen MR) is 109 cm³/mol. The molecular weight excluding hydrogens is 463 g/mol. The minimum Gasteiger partial charge on any atom is -0.471 e. The molecule has 33 heavy (non-hydrogen) atoms. The van der Waals surface area contributed by atoms with Gasteiger partial charge in [-0.3, -0.25) is 4.68 Å². The molecule has 3 aromatic heterocycles. The predicted octanol–water partition coefficient (Wildman–Crippen LogP) is 3.53. The van der Waals surface area contributed by atoms with Gasteiger partial charge in [-0.15, -0.1) is 0 Å². The highest BCUT2D eigenvalue weighted by molar-refractivity contribution is 7.90. The second kappa shape index (κ2) is 8.31. The van der Waals surface area contributed by atoms with Crippen LogP contribution in [0, 0.1) is 0 Å². The summed E-state index contributed by atoms with van der Waals surface area (Å²) >= 11 is 0. The van der Waals surface area contributed by atoms with Crippen LogP contribution in [-0.2, 0) is 29.7 Å². The second-order valence-electron chi connectivity index (χ2n) is 7.02. The molecule has 4 aromatic rings. The monoisotopic (exact) mass is 479 g/mol. The standard InChI is InChI=1S/C20H16F3N5O4S/c1-28-16(11-31-17-7-6-13(9-24-17)20(21,22)23)15(10-25-28)19-26-18(27-32-19)12-4-3-5-14(8-12)33(2,29)30/h3-10H,11H2,1-2H3. The molecule has 0 unspecified atom stereocenters. The van der Waals surface area contributed by atoms with Crippen molar-refractivity contribution in [1.82, 2.24) is 24.9 Å². The molecule has 0 aliphatic heterocycles. The maximum Gasteiger partial charge on any atom is 0.417 e. The molecule has 0 spiro atoms.